The third-order valence-corrected chi connectivity index (χ3v) is 4.95. The summed E-state index contributed by atoms with van der Waals surface area (Å²) in [5.74, 6) is -1.16. The summed E-state index contributed by atoms with van der Waals surface area (Å²) in [7, 11) is 1.67. The van der Waals surface area contributed by atoms with Crippen LogP contribution in [0.3, 0.4) is 0 Å². The van der Waals surface area contributed by atoms with Gasteiger partial charge in [0, 0.05) is 37.9 Å². The van der Waals surface area contributed by atoms with Crippen molar-refractivity contribution in [2.75, 3.05) is 0 Å². The molecule has 0 aliphatic carbocycles. The molecule has 0 N–H and O–H groups in total. The highest BCUT2D eigenvalue weighted by Gasteiger charge is 2.20. The van der Waals surface area contributed by atoms with Gasteiger partial charge < -0.3 is 9.30 Å². The molecule has 0 saturated heterocycles. The second-order valence-corrected chi connectivity index (χ2v) is 8.29. The van der Waals surface area contributed by atoms with Crippen LogP contribution in [0, 0.1) is 18.6 Å². The molecule has 0 aliphatic rings. The predicted molar refractivity (Wildman–Crippen MR) is 130 cm³/mol. The van der Waals surface area contributed by atoms with Gasteiger partial charge in [0.1, 0.15) is 11.6 Å². The highest BCUT2D eigenvalue weighted by molar-refractivity contribution is 5.95. The lowest BCUT2D eigenvalue weighted by atomic mass is 10.0. The van der Waals surface area contributed by atoms with E-state index in [1.54, 1.807) is 30.2 Å². The van der Waals surface area contributed by atoms with Gasteiger partial charge in [-0.1, -0.05) is 31.9 Å². The standard InChI is InChI=1S/C23H21F2N3O2.C3H8.H2/c1-13(2)28-22-17(11-26-28)23(29)27(4)12-18(22)16-9-14(3)5-7-20(16)30-21-8-6-15(24)10-19(21)25;1-3-2;/h5-13H,1-4H3;3H2,1-2H3;1H. The van der Waals surface area contributed by atoms with Crippen molar-refractivity contribution in [2.24, 2.45) is 7.05 Å². The van der Waals surface area contributed by atoms with E-state index in [1.165, 1.54) is 17.1 Å². The zero-order valence-corrected chi connectivity index (χ0v) is 19.8. The van der Waals surface area contributed by atoms with Gasteiger partial charge in [-0.15, -0.1) is 0 Å². The molecule has 0 atom stereocenters. The molecule has 0 amide bonds. The van der Waals surface area contributed by atoms with Crippen LogP contribution in [-0.4, -0.2) is 14.3 Å². The minimum atomic E-state index is -0.792. The summed E-state index contributed by atoms with van der Waals surface area (Å²) in [6.07, 6.45) is 4.55. The van der Waals surface area contributed by atoms with E-state index in [9.17, 15) is 13.6 Å². The van der Waals surface area contributed by atoms with Gasteiger partial charge in [-0.25, -0.2) is 8.78 Å². The van der Waals surface area contributed by atoms with E-state index in [4.69, 9.17) is 4.74 Å². The lowest BCUT2D eigenvalue weighted by Gasteiger charge is -2.16. The van der Waals surface area contributed by atoms with E-state index in [1.807, 2.05) is 32.9 Å². The third-order valence-electron chi connectivity index (χ3n) is 4.95. The van der Waals surface area contributed by atoms with Crippen LogP contribution >= 0.6 is 0 Å². The van der Waals surface area contributed by atoms with Crippen molar-refractivity contribution in [1.82, 2.24) is 14.3 Å². The smallest absolute Gasteiger partial charge is 0.261 e. The van der Waals surface area contributed by atoms with Crippen molar-refractivity contribution in [3.8, 4) is 22.6 Å². The second-order valence-electron chi connectivity index (χ2n) is 8.29. The Morgan fingerprint density at radius 1 is 1.06 bits per heavy atom. The Morgan fingerprint density at radius 3 is 2.36 bits per heavy atom. The van der Waals surface area contributed by atoms with E-state index in [-0.39, 0.29) is 18.8 Å². The fraction of sp³-hybridized carbons (Fsp3) is 0.308. The van der Waals surface area contributed by atoms with Gasteiger partial charge in [0.2, 0.25) is 0 Å². The summed E-state index contributed by atoms with van der Waals surface area (Å²) >= 11 is 0. The Balaban J connectivity index is 0.000000970. The summed E-state index contributed by atoms with van der Waals surface area (Å²) in [6, 6.07) is 8.69. The van der Waals surface area contributed by atoms with Gasteiger partial charge in [-0.05, 0) is 45.0 Å². The van der Waals surface area contributed by atoms with Gasteiger partial charge in [-0.3, -0.25) is 9.48 Å². The van der Waals surface area contributed by atoms with Gasteiger partial charge in [0.15, 0.2) is 11.6 Å². The number of nitrogens with zero attached hydrogens (tertiary/aromatic N) is 3. The lowest BCUT2D eigenvalue weighted by molar-refractivity contribution is 0.439. The first-order valence-electron chi connectivity index (χ1n) is 11.0. The van der Waals surface area contributed by atoms with Gasteiger partial charge in [-0.2, -0.15) is 5.10 Å². The van der Waals surface area contributed by atoms with Crippen molar-refractivity contribution < 1.29 is 14.9 Å². The maximum Gasteiger partial charge on any atom is 0.261 e. The topological polar surface area (TPSA) is 49.1 Å². The number of halogens is 2. The van der Waals surface area contributed by atoms with Crippen LogP contribution in [0.4, 0.5) is 8.78 Å². The lowest BCUT2D eigenvalue weighted by Crippen LogP contribution is -2.17. The van der Waals surface area contributed by atoms with Crippen LogP contribution < -0.4 is 10.3 Å². The average Bonchev–Trinajstić information content (AvgIpc) is 3.20. The number of pyridine rings is 1. The Bertz CT molecular complexity index is 1350. The number of aromatic nitrogens is 3. The molecule has 0 unspecified atom stereocenters. The first kappa shape index (κ1) is 24.2. The Labute approximate surface area is 193 Å². The Kier molecular flexibility index (Phi) is 7.31. The predicted octanol–water partition coefficient (Wildman–Crippen LogP) is 7.02. The molecule has 0 saturated carbocycles. The number of ether oxygens (including phenoxy) is 1. The van der Waals surface area contributed by atoms with Crippen LogP contribution in [0.5, 0.6) is 11.5 Å². The minimum absolute atomic E-state index is 0. The van der Waals surface area contributed by atoms with Crippen LogP contribution in [0.2, 0.25) is 0 Å². The van der Waals surface area contributed by atoms with Gasteiger partial charge in [0.25, 0.3) is 5.56 Å². The highest BCUT2D eigenvalue weighted by Crippen LogP contribution is 2.38. The van der Waals surface area contributed by atoms with Gasteiger partial charge in [0.05, 0.1) is 17.1 Å². The maximum absolute atomic E-state index is 14.2. The molecule has 5 nitrogen and oxygen atoms in total. The van der Waals surface area contributed by atoms with E-state index in [2.05, 4.69) is 18.9 Å². The first-order valence-corrected chi connectivity index (χ1v) is 11.0. The van der Waals surface area contributed by atoms with Crippen molar-refractivity contribution in [2.45, 2.75) is 47.1 Å². The van der Waals surface area contributed by atoms with Gasteiger partial charge >= 0.3 is 0 Å². The number of hydrogen-bond donors (Lipinski definition) is 0. The number of fused-ring (bicyclic) bond motifs is 1. The summed E-state index contributed by atoms with van der Waals surface area (Å²) in [4.78, 5) is 12.7. The Hall–Kier alpha value is -3.48. The van der Waals surface area contributed by atoms with Crippen molar-refractivity contribution in [3.05, 3.63) is 76.3 Å². The normalized spacial score (nSPS) is 10.9. The molecule has 0 fully saturated rings. The third kappa shape index (κ3) is 4.97. The first-order chi connectivity index (χ1) is 15.7. The van der Waals surface area contributed by atoms with Crippen molar-refractivity contribution in [3.63, 3.8) is 0 Å². The molecule has 176 valence electrons. The molecule has 2 aromatic carbocycles. The van der Waals surface area contributed by atoms with Crippen molar-refractivity contribution in [1.29, 1.82) is 0 Å². The monoisotopic (exact) mass is 455 g/mol. The molecule has 0 bridgehead atoms. The quantitative estimate of drug-likeness (QED) is 0.332. The fourth-order valence-corrected chi connectivity index (χ4v) is 3.50. The average molecular weight is 456 g/mol. The minimum Gasteiger partial charge on any atom is -0.454 e. The molecule has 0 spiro atoms. The molecule has 0 radical (unpaired) electrons. The van der Waals surface area contributed by atoms with E-state index in [0.717, 1.165) is 23.3 Å². The SMILES string of the molecule is CCC.Cc1ccc(Oc2ccc(F)cc2F)c(-c2cn(C)c(=O)c3cnn(C(C)C)c23)c1.[HH]. The molecule has 7 heteroatoms. The fourth-order valence-electron chi connectivity index (χ4n) is 3.50. The largest absolute Gasteiger partial charge is 0.454 e. The number of aryl methyl sites for hydroxylation is 2. The number of rotatable bonds is 4. The molecule has 4 aromatic rings. The zero-order valence-electron chi connectivity index (χ0n) is 19.8. The summed E-state index contributed by atoms with van der Waals surface area (Å²) in [5.41, 5.74) is 2.92. The number of hydrogen-bond acceptors (Lipinski definition) is 3. The number of benzene rings is 2. The van der Waals surface area contributed by atoms with Crippen LogP contribution in [0.25, 0.3) is 22.0 Å². The summed E-state index contributed by atoms with van der Waals surface area (Å²) in [5, 5.41) is 4.89. The molecule has 4 rings (SSSR count). The Morgan fingerprint density at radius 2 is 1.73 bits per heavy atom. The van der Waals surface area contributed by atoms with Crippen LogP contribution in [0.1, 0.15) is 47.1 Å². The highest BCUT2D eigenvalue weighted by atomic mass is 19.1. The summed E-state index contributed by atoms with van der Waals surface area (Å²) in [6.45, 7) is 10.1. The molecule has 2 aromatic heterocycles. The van der Waals surface area contributed by atoms with E-state index < -0.39 is 11.6 Å². The second kappa shape index (κ2) is 9.98. The zero-order chi connectivity index (χ0) is 24.3. The van der Waals surface area contributed by atoms with Crippen LogP contribution in [-0.2, 0) is 7.05 Å². The molecule has 2 heterocycles. The molecule has 0 aliphatic heterocycles. The molecular weight excluding hydrogens is 424 g/mol. The van der Waals surface area contributed by atoms with Crippen molar-refractivity contribution >= 4 is 10.9 Å². The van der Waals surface area contributed by atoms with Crippen LogP contribution in [0.15, 0.2) is 53.6 Å². The van der Waals surface area contributed by atoms with E-state index >= 15 is 0 Å². The summed E-state index contributed by atoms with van der Waals surface area (Å²) < 4.78 is 36.6. The van der Waals surface area contributed by atoms with E-state index in [0.29, 0.717) is 22.2 Å². The molecule has 33 heavy (non-hydrogen) atoms. The maximum atomic E-state index is 14.2. The molecular formula is C26H31F2N3O2.